The summed E-state index contributed by atoms with van der Waals surface area (Å²) in [7, 11) is 3.19. The van der Waals surface area contributed by atoms with Gasteiger partial charge < -0.3 is 25.6 Å². The van der Waals surface area contributed by atoms with Crippen molar-refractivity contribution in [1.82, 2.24) is 19.9 Å². The number of hydrogen-bond donors (Lipinski definition) is 3. The van der Waals surface area contributed by atoms with Crippen molar-refractivity contribution in [2.45, 2.75) is 6.54 Å². The Labute approximate surface area is 190 Å². The summed E-state index contributed by atoms with van der Waals surface area (Å²) in [6.45, 7) is 0.891. The number of aromatic nitrogens is 3. The van der Waals surface area contributed by atoms with Crippen LogP contribution >= 0.6 is 11.6 Å². The molecule has 32 heavy (non-hydrogen) atoms. The first-order chi connectivity index (χ1) is 15.6. The summed E-state index contributed by atoms with van der Waals surface area (Å²) in [5.41, 5.74) is 11.3. The molecule has 0 bridgehead atoms. The van der Waals surface area contributed by atoms with Crippen LogP contribution in [0.15, 0.2) is 48.7 Å². The number of ether oxygens (including phenoxy) is 2. The number of nitrogens with one attached hydrogen (secondary N) is 1. The third kappa shape index (κ3) is 4.08. The van der Waals surface area contributed by atoms with Crippen LogP contribution in [-0.2, 0) is 6.54 Å². The van der Waals surface area contributed by atoms with Gasteiger partial charge in [-0.1, -0.05) is 29.8 Å². The van der Waals surface area contributed by atoms with E-state index in [0.717, 1.165) is 27.9 Å². The van der Waals surface area contributed by atoms with Gasteiger partial charge in [-0.3, -0.25) is 0 Å². The van der Waals surface area contributed by atoms with E-state index >= 15 is 0 Å². The predicted octanol–water partition coefficient (Wildman–Crippen LogP) is 3.40. The first-order valence-corrected chi connectivity index (χ1v) is 10.4. The molecular formula is C23H24ClN5O3. The lowest BCUT2D eigenvalue weighted by Gasteiger charge is -2.15. The maximum Gasteiger partial charge on any atom is 0.165 e. The monoisotopic (exact) mass is 453 g/mol. The largest absolute Gasteiger partial charge is 0.493 e. The molecule has 0 fully saturated rings. The highest BCUT2D eigenvalue weighted by atomic mass is 35.5. The molecule has 0 amide bonds. The fourth-order valence-corrected chi connectivity index (χ4v) is 3.74. The number of rotatable bonds is 8. The number of aliphatic hydroxyl groups is 1. The number of halogens is 1. The predicted molar refractivity (Wildman–Crippen MR) is 125 cm³/mol. The zero-order valence-corrected chi connectivity index (χ0v) is 18.6. The van der Waals surface area contributed by atoms with Crippen molar-refractivity contribution < 1.29 is 14.6 Å². The average molecular weight is 454 g/mol. The molecule has 0 unspecified atom stereocenters. The molecular weight excluding hydrogens is 430 g/mol. The van der Waals surface area contributed by atoms with E-state index in [2.05, 4.69) is 10.4 Å². The molecule has 2 heterocycles. The lowest BCUT2D eigenvalue weighted by atomic mass is 10.0. The Morgan fingerprint density at radius 3 is 2.47 bits per heavy atom. The van der Waals surface area contributed by atoms with Crippen molar-refractivity contribution in [2.75, 3.05) is 33.1 Å². The fraction of sp³-hybridized carbons (Fsp3) is 0.217. The van der Waals surface area contributed by atoms with Crippen LogP contribution in [-0.4, -0.2) is 47.1 Å². The van der Waals surface area contributed by atoms with Gasteiger partial charge in [-0.2, -0.15) is 9.61 Å². The van der Waals surface area contributed by atoms with Crippen molar-refractivity contribution >= 4 is 23.1 Å². The van der Waals surface area contributed by atoms with Gasteiger partial charge in [0.1, 0.15) is 5.82 Å². The van der Waals surface area contributed by atoms with E-state index in [-0.39, 0.29) is 6.61 Å². The molecule has 0 aliphatic heterocycles. The maximum absolute atomic E-state index is 9.18. The van der Waals surface area contributed by atoms with E-state index in [9.17, 15) is 5.11 Å². The number of nitrogen functional groups attached to an aromatic ring is 1. The number of anilines is 1. The second-order valence-electron chi connectivity index (χ2n) is 7.09. The first kappa shape index (κ1) is 21.9. The molecule has 0 atom stereocenters. The van der Waals surface area contributed by atoms with Crippen LogP contribution in [0.25, 0.3) is 27.9 Å². The second kappa shape index (κ2) is 9.44. The van der Waals surface area contributed by atoms with E-state index in [1.165, 1.54) is 0 Å². The molecule has 8 nitrogen and oxygen atoms in total. The molecule has 0 aliphatic rings. The number of hydrogen-bond acceptors (Lipinski definition) is 7. The minimum Gasteiger partial charge on any atom is -0.493 e. The van der Waals surface area contributed by atoms with E-state index < -0.39 is 0 Å². The van der Waals surface area contributed by atoms with Crippen LogP contribution in [0.5, 0.6) is 11.5 Å². The van der Waals surface area contributed by atoms with Crippen molar-refractivity contribution in [1.29, 1.82) is 0 Å². The highest BCUT2D eigenvalue weighted by Crippen LogP contribution is 2.36. The van der Waals surface area contributed by atoms with Crippen LogP contribution in [0.4, 0.5) is 5.82 Å². The van der Waals surface area contributed by atoms with E-state index in [4.69, 9.17) is 31.8 Å². The van der Waals surface area contributed by atoms with Gasteiger partial charge in [-0.25, -0.2) is 4.98 Å². The molecule has 2 aromatic heterocycles. The number of fused-ring (bicyclic) bond motifs is 1. The van der Waals surface area contributed by atoms with Crippen molar-refractivity contribution in [2.24, 2.45) is 0 Å². The number of benzene rings is 2. The number of aliphatic hydroxyl groups excluding tert-OH is 1. The Morgan fingerprint density at radius 1 is 1.06 bits per heavy atom. The quantitative estimate of drug-likeness (QED) is 0.351. The summed E-state index contributed by atoms with van der Waals surface area (Å²) in [6.07, 6.45) is 1.73. The second-order valence-corrected chi connectivity index (χ2v) is 7.53. The van der Waals surface area contributed by atoms with Gasteiger partial charge in [0, 0.05) is 29.2 Å². The highest BCUT2D eigenvalue weighted by molar-refractivity contribution is 6.30. The molecule has 0 radical (unpaired) electrons. The van der Waals surface area contributed by atoms with Crippen LogP contribution in [0.3, 0.4) is 0 Å². The summed E-state index contributed by atoms with van der Waals surface area (Å²) >= 11 is 6.07. The zero-order valence-electron chi connectivity index (χ0n) is 17.8. The standard InChI is InChI=1S/C23H24ClN5O3/c1-31-19-8-5-15(11-20(19)32-2)17-12-27-29-22(25)21(14-3-6-16(24)7-4-14)18(28-23(17)29)13-26-9-10-30/h3-8,11-12,26,30H,9-10,13,25H2,1-2H3. The minimum atomic E-state index is 0.0254. The van der Waals surface area contributed by atoms with Gasteiger partial charge in [0.2, 0.25) is 0 Å². The third-order valence-corrected chi connectivity index (χ3v) is 5.42. The molecule has 0 spiro atoms. The Morgan fingerprint density at radius 2 is 1.78 bits per heavy atom. The highest BCUT2D eigenvalue weighted by Gasteiger charge is 2.19. The van der Waals surface area contributed by atoms with Gasteiger partial charge in [-0.15, -0.1) is 0 Å². The molecule has 9 heteroatoms. The summed E-state index contributed by atoms with van der Waals surface area (Å²) in [5.74, 6) is 1.71. The molecule has 2 aromatic carbocycles. The van der Waals surface area contributed by atoms with Crippen LogP contribution in [0.1, 0.15) is 5.69 Å². The van der Waals surface area contributed by atoms with Gasteiger partial charge in [0.25, 0.3) is 0 Å². The van der Waals surface area contributed by atoms with Crippen molar-refractivity contribution in [3.05, 3.63) is 59.4 Å². The summed E-state index contributed by atoms with van der Waals surface area (Å²) in [4.78, 5) is 4.91. The SMILES string of the molecule is COc1ccc(-c2cnn3c(N)c(-c4ccc(Cl)cc4)c(CNCCO)nc23)cc1OC. The van der Waals surface area contributed by atoms with E-state index in [0.29, 0.717) is 41.1 Å². The van der Waals surface area contributed by atoms with E-state index in [1.807, 2.05) is 42.5 Å². The van der Waals surface area contributed by atoms with Crippen molar-refractivity contribution in [3.8, 4) is 33.8 Å². The molecule has 4 rings (SSSR count). The Bertz CT molecular complexity index is 1240. The lowest BCUT2D eigenvalue weighted by molar-refractivity contribution is 0.291. The summed E-state index contributed by atoms with van der Waals surface area (Å²) < 4.78 is 12.4. The maximum atomic E-state index is 9.18. The average Bonchev–Trinajstić information content (AvgIpc) is 3.24. The molecule has 0 saturated heterocycles. The molecule has 4 aromatic rings. The third-order valence-electron chi connectivity index (χ3n) is 5.17. The summed E-state index contributed by atoms with van der Waals surface area (Å²) in [5, 5.41) is 17.5. The number of methoxy groups -OCH3 is 2. The van der Waals surface area contributed by atoms with E-state index in [1.54, 1.807) is 24.9 Å². The molecule has 0 aliphatic carbocycles. The zero-order chi connectivity index (χ0) is 22.7. The van der Waals surface area contributed by atoms with Crippen LogP contribution in [0.2, 0.25) is 5.02 Å². The number of nitrogens with zero attached hydrogens (tertiary/aromatic N) is 3. The normalized spacial score (nSPS) is 11.1. The fourth-order valence-electron chi connectivity index (χ4n) is 3.62. The number of nitrogens with two attached hydrogens (primary N) is 1. The first-order valence-electron chi connectivity index (χ1n) is 10.0. The van der Waals surface area contributed by atoms with Crippen molar-refractivity contribution in [3.63, 3.8) is 0 Å². The summed E-state index contributed by atoms with van der Waals surface area (Å²) in [6, 6.07) is 13.1. The smallest absolute Gasteiger partial charge is 0.165 e. The Balaban J connectivity index is 1.89. The lowest BCUT2D eigenvalue weighted by Crippen LogP contribution is -2.20. The van der Waals surface area contributed by atoms with Gasteiger partial charge in [-0.05, 0) is 35.4 Å². The van der Waals surface area contributed by atoms with Gasteiger partial charge in [0.15, 0.2) is 17.1 Å². The molecule has 0 saturated carbocycles. The molecule has 4 N–H and O–H groups in total. The molecule has 166 valence electrons. The minimum absolute atomic E-state index is 0.0254. The van der Waals surface area contributed by atoms with Crippen LogP contribution in [0, 0.1) is 0 Å². The topological polar surface area (TPSA) is 107 Å². The van der Waals surface area contributed by atoms with Gasteiger partial charge >= 0.3 is 0 Å². The van der Waals surface area contributed by atoms with Gasteiger partial charge in [0.05, 0.1) is 32.7 Å². The van der Waals surface area contributed by atoms with Crippen LogP contribution < -0.4 is 20.5 Å². The Kier molecular flexibility index (Phi) is 6.45. The Hall–Kier alpha value is -3.33.